The standard InChI is InChI=1S/C19H25FN4O2S.HI/c1-15-3-9-18(10-4-15)27(25,26)24-14-13-23-19(21-2)22-12-11-16-5-7-17(20)8-6-16;/h3-10,24H,11-14H2,1-2H3,(H2,21,22,23);1H. The van der Waals surface area contributed by atoms with Gasteiger partial charge in [0.25, 0.3) is 0 Å². The van der Waals surface area contributed by atoms with Crippen LogP contribution in [0.3, 0.4) is 0 Å². The van der Waals surface area contributed by atoms with Crippen molar-refractivity contribution < 1.29 is 12.8 Å². The predicted octanol–water partition coefficient (Wildman–Crippen LogP) is 2.44. The van der Waals surface area contributed by atoms with E-state index in [0.717, 1.165) is 17.5 Å². The molecular formula is C19H26FIN4O2S. The third-order valence-electron chi connectivity index (χ3n) is 3.88. The van der Waals surface area contributed by atoms with Gasteiger partial charge in [-0.2, -0.15) is 0 Å². The predicted molar refractivity (Wildman–Crippen MR) is 121 cm³/mol. The van der Waals surface area contributed by atoms with E-state index in [1.54, 1.807) is 43.4 Å². The molecule has 0 unspecified atom stereocenters. The lowest BCUT2D eigenvalue weighted by atomic mass is 10.1. The zero-order chi connectivity index (χ0) is 19.7. The first-order valence-electron chi connectivity index (χ1n) is 8.66. The molecule has 0 aliphatic rings. The van der Waals surface area contributed by atoms with Gasteiger partial charge < -0.3 is 10.6 Å². The van der Waals surface area contributed by atoms with Crippen LogP contribution in [0.5, 0.6) is 0 Å². The van der Waals surface area contributed by atoms with Crippen molar-refractivity contribution in [2.45, 2.75) is 18.2 Å². The molecule has 6 nitrogen and oxygen atoms in total. The van der Waals surface area contributed by atoms with Crippen molar-refractivity contribution >= 4 is 40.0 Å². The van der Waals surface area contributed by atoms with Crippen LogP contribution in [0.4, 0.5) is 4.39 Å². The molecule has 0 spiro atoms. The molecule has 28 heavy (non-hydrogen) atoms. The van der Waals surface area contributed by atoms with Crippen molar-refractivity contribution in [1.29, 1.82) is 0 Å². The first-order valence-corrected chi connectivity index (χ1v) is 10.1. The molecule has 0 aliphatic heterocycles. The molecule has 0 radical (unpaired) electrons. The fourth-order valence-electron chi connectivity index (χ4n) is 2.36. The monoisotopic (exact) mass is 520 g/mol. The van der Waals surface area contributed by atoms with Crippen molar-refractivity contribution in [3.8, 4) is 0 Å². The minimum absolute atomic E-state index is 0. The van der Waals surface area contributed by atoms with E-state index >= 15 is 0 Å². The van der Waals surface area contributed by atoms with Crippen LogP contribution in [-0.2, 0) is 16.4 Å². The lowest BCUT2D eigenvalue weighted by Crippen LogP contribution is -2.42. The third kappa shape index (κ3) is 8.11. The number of hydrogen-bond acceptors (Lipinski definition) is 3. The molecular weight excluding hydrogens is 494 g/mol. The Hall–Kier alpha value is -1.72. The van der Waals surface area contributed by atoms with Crippen molar-refractivity contribution in [3.05, 3.63) is 65.5 Å². The van der Waals surface area contributed by atoms with Gasteiger partial charge in [-0.25, -0.2) is 17.5 Å². The fourth-order valence-corrected chi connectivity index (χ4v) is 3.40. The molecule has 2 rings (SSSR count). The summed E-state index contributed by atoms with van der Waals surface area (Å²) in [5, 5.41) is 6.19. The minimum atomic E-state index is -3.52. The van der Waals surface area contributed by atoms with E-state index in [4.69, 9.17) is 0 Å². The summed E-state index contributed by atoms with van der Waals surface area (Å²) >= 11 is 0. The second-order valence-electron chi connectivity index (χ2n) is 6.01. The number of nitrogens with one attached hydrogen (secondary N) is 3. The number of aliphatic imine (C=N–C) groups is 1. The highest BCUT2D eigenvalue weighted by atomic mass is 127. The minimum Gasteiger partial charge on any atom is -0.356 e. The Kier molecular flexibility index (Phi) is 10.4. The van der Waals surface area contributed by atoms with Gasteiger partial charge >= 0.3 is 0 Å². The molecule has 2 aromatic carbocycles. The summed E-state index contributed by atoms with van der Waals surface area (Å²) in [5.74, 6) is 0.323. The summed E-state index contributed by atoms with van der Waals surface area (Å²) < 4.78 is 39.8. The number of guanidine groups is 1. The van der Waals surface area contributed by atoms with Gasteiger partial charge in [0.1, 0.15) is 5.82 Å². The number of rotatable bonds is 8. The zero-order valence-electron chi connectivity index (χ0n) is 15.9. The Morgan fingerprint density at radius 1 is 0.964 bits per heavy atom. The molecule has 0 aliphatic carbocycles. The van der Waals surface area contributed by atoms with Gasteiger partial charge in [0.2, 0.25) is 10.0 Å². The van der Waals surface area contributed by atoms with Gasteiger partial charge in [-0.05, 0) is 43.2 Å². The topological polar surface area (TPSA) is 82.6 Å². The van der Waals surface area contributed by atoms with Gasteiger partial charge in [0.15, 0.2) is 5.96 Å². The summed E-state index contributed by atoms with van der Waals surface area (Å²) in [6.07, 6.45) is 0.723. The van der Waals surface area contributed by atoms with E-state index in [1.807, 2.05) is 6.92 Å². The molecule has 2 aromatic rings. The van der Waals surface area contributed by atoms with Crippen LogP contribution in [0.1, 0.15) is 11.1 Å². The van der Waals surface area contributed by atoms with Crippen LogP contribution in [0.2, 0.25) is 0 Å². The van der Waals surface area contributed by atoms with E-state index < -0.39 is 10.0 Å². The Morgan fingerprint density at radius 3 is 2.18 bits per heavy atom. The van der Waals surface area contributed by atoms with Crippen LogP contribution in [0.15, 0.2) is 58.4 Å². The van der Waals surface area contributed by atoms with Gasteiger partial charge in [-0.1, -0.05) is 29.8 Å². The molecule has 0 amide bonds. The molecule has 9 heteroatoms. The van der Waals surface area contributed by atoms with E-state index in [0.29, 0.717) is 19.0 Å². The molecule has 3 N–H and O–H groups in total. The summed E-state index contributed by atoms with van der Waals surface area (Å²) in [6.45, 7) is 3.15. The third-order valence-corrected chi connectivity index (χ3v) is 5.36. The number of halogens is 2. The van der Waals surface area contributed by atoms with Crippen molar-refractivity contribution in [2.24, 2.45) is 4.99 Å². The largest absolute Gasteiger partial charge is 0.356 e. The van der Waals surface area contributed by atoms with Crippen molar-refractivity contribution in [2.75, 3.05) is 26.7 Å². The van der Waals surface area contributed by atoms with Gasteiger partial charge in [-0.3, -0.25) is 4.99 Å². The van der Waals surface area contributed by atoms with Gasteiger partial charge in [0, 0.05) is 26.7 Å². The summed E-state index contributed by atoms with van der Waals surface area (Å²) in [7, 11) is -1.88. The highest BCUT2D eigenvalue weighted by molar-refractivity contribution is 14.0. The number of benzene rings is 2. The van der Waals surface area contributed by atoms with Crippen molar-refractivity contribution in [1.82, 2.24) is 15.4 Å². The normalized spacial score (nSPS) is 11.6. The molecule has 0 bridgehead atoms. The Morgan fingerprint density at radius 2 is 1.57 bits per heavy atom. The second kappa shape index (κ2) is 12.0. The molecule has 154 valence electrons. The average Bonchev–Trinajstić information content (AvgIpc) is 2.65. The first kappa shape index (κ1) is 24.3. The molecule has 0 fully saturated rings. The maximum atomic E-state index is 12.9. The smallest absolute Gasteiger partial charge is 0.240 e. The number of hydrogen-bond donors (Lipinski definition) is 3. The van der Waals surface area contributed by atoms with Gasteiger partial charge in [-0.15, -0.1) is 24.0 Å². The summed E-state index contributed by atoms with van der Waals surface area (Å²) in [6, 6.07) is 13.0. The first-order chi connectivity index (χ1) is 12.9. The van der Waals surface area contributed by atoms with Crippen LogP contribution >= 0.6 is 24.0 Å². The zero-order valence-corrected chi connectivity index (χ0v) is 19.1. The molecule has 0 aromatic heterocycles. The fraction of sp³-hybridized carbons (Fsp3) is 0.316. The summed E-state index contributed by atoms with van der Waals surface area (Å²) in [5.41, 5.74) is 2.02. The SMILES string of the molecule is CN=C(NCCNS(=O)(=O)c1ccc(C)cc1)NCCc1ccc(F)cc1.I. The van der Waals surface area contributed by atoms with E-state index in [2.05, 4.69) is 20.3 Å². The maximum Gasteiger partial charge on any atom is 0.240 e. The lowest BCUT2D eigenvalue weighted by Gasteiger charge is -2.12. The average molecular weight is 520 g/mol. The van der Waals surface area contributed by atoms with Crippen LogP contribution in [-0.4, -0.2) is 41.1 Å². The molecule has 0 saturated heterocycles. The molecule has 0 atom stereocenters. The Bertz CT molecular complexity index is 857. The lowest BCUT2D eigenvalue weighted by molar-refractivity contribution is 0.580. The van der Waals surface area contributed by atoms with Crippen LogP contribution in [0, 0.1) is 12.7 Å². The number of sulfonamides is 1. The highest BCUT2D eigenvalue weighted by Crippen LogP contribution is 2.09. The highest BCUT2D eigenvalue weighted by Gasteiger charge is 2.12. The Labute approximate surface area is 183 Å². The van der Waals surface area contributed by atoms with E-state index in [9.17, 15) is 12.8 Å². The van der Waals surface area contributed by atoms with E-state index in [-0.39, 0.29) is 41.2 Å². The van der Waals surface area contributed by atoms with Gasteiger partial charge in [0.05, 0.1) is 4.90 Å². The quantitative estimate of drug-likeness (QED) is 0.216. The molecule has 0 heterocycles. The number of aryl methyl sites for hydroxylation is 1. The maximum absolute atomic E-state index is 12.9. The Balaban J connectivity index is 0.00000392. The van der Waals surface area contributed by atoms with E-state index in [1.165, 1.54) is 12.1 Å². The van der Waals surface area contributed by atoms with Crippen molar-refractivity contribution in [3.63, 3.8) is 0 Å². The van der Waals surface area contributed by atoms with Crippen LogP contribution < -0.4 is 15.4 Å². The second-order valence-corrected chi connectivity index (χ2v) is 7.78. The molecule has 0 saturated carbocycles. The number of nitrogens with zero attached hydrogens (tertiary/aromatic N) is 1. The van der Waals surface area contributed by atoms with Crippen LogP contribution in [0.25, 0.3) is 0 Å². The summed E-state index contributed by atoms with van der Waals surface area (Å²) in [4.78, 5) is 4.34.